The van der Waals surface area contributed by atoms with Gasteiger partial charge in [-0.2, -0.15) is 13.2 Å². The minimum Gasteiger partial charge on any atom is -0.460 e. The average Bonchev–Trinajstić information content (AvgIpc) is 2.56. The first-order valence-corrected chi connectivity index (χ1v) is 5.25. The number of halogens is 3. The molecule has 2 rings (SSSR count). The fraction of sp³-hybridized carbons (Fsp3) is 0.625. The molecule has 7 heteroatoms. The van der Waals surface area contributed by atoms with Crippen LogP contribution < -0.4 is 10.1 Å². The number of ether oxygens (including phenoxy) is 1. The molecule has 0 unspecified atom stereocenters. The lowest BCUT2D eigenvalue weighted by Gasteiger charge is -2.09. The standard InChI is InChI=1S/C8H9F3N2OS/c9-8(10,11)4-14-7-13-5-3-12-2-1-6(5)15-7/h12H,1-4H2. The number of thiazole rings is 1. The molecule has 0 aliphatic carbocycles. The molecule has 0 spiro atoms. The summed E-state index contributed by atoms with van der Waals surface area (Å²) in [6, 6.07) is 0. The summed E-state index contributed by atoms with van der Waals surface area (Å²) >= 11 is 1.20. The molecule has 1 aliphatic rings. The van der Waals surface area contributed by atoms with Gasteiger partial charge in [-0.1, -0.05) is 11.3 Å². The highest BCUT2D eigenvalue weighted by molar-refractivity contribution is 7.13. The van der Waals surface area contributed by atoms with Gasteiger partial charge in [0, 0.05) is 18.0 Å². The monoisotopic (exact) mass is 238 g/mol. The van der Waals surface area contributed by atoms with Crippen LogP contribution in [-0.2, 0) is 13.0 Å². The maximum absolute atomic E-state index is 11.9. The van der Waals surface area contributed by atoms with Gasteiger partial charge in [0.05, 0.1) is 5.69 Å². The van der Waals surface area contributed by atoms with Crippen molar-refractivity contribution in [3.8, 4) is 5.19 Å². The van der Waals surface area contributed by atoms with E-state index in [9.17, 15) is 13.2 Å². The van der Waals surface area contributed by atoms with Gasteiger partial charge in [-0.05, 0) is 6.42 Å². The number of alkyl halides is 3. The first kappa shape index (κ1) is 10.7. The summed E-state index contributed by atoms with van der Waals surface area (Å²) in [5.74, 6) is 0. The summed E-state index contributed by atoms with van der Waals surface area (Å²) in [5, 5.41) is 3.21. The van der Waals surface area contributed by atoms with Crippen LogP contribution in [0.2, 0.25) is 0 Å². The molecule has 84 valence electrons. The Morgan fingerprint density at radius 3 is 2.93 bits per heavy atom. The number of hydrogen-bond donors (Lipinski definition) is 1. The van der Waals surface area contributed by atoms with Crippen molar-refractivity contribution in [1.82, 2.24) is 10.3 Å². The molecular formula is C8H9F3N2OS. The lowest BCUT2D eigenvalue weighted by molar-refractivity contribution is -0.153. The number of fused-ring (bicyclic) bond motifs is 1. The van der Waals surface area contributed by atoms with E-state index in [4.69, 9.17) is 0 Å². The van der Waals surface area contributed by atoms with E-state index in [1.165, 1.54) is 11.3 Å². The second-order valence-corrected chi connectivity index (χ2v) is 4.23. The molecule has 0 amide bonds. The first-order valence-electron chi connectivity index (χ1n) is 4.43. The SMILES string of the molecule is FC(F)(F)COc1nc2c(s1)CCNC2. The third-order valence-corrected chi connectivity index (χ3v) is 3.01. The largest absolute Gasteiger partial charge is 0.460 e. The average molecular weight is 238 g/mol. The van der Waals surface area contributed by atoms with Crippen molar-refractivity contribution in [2.24, 2.45) is 0 Å². The Hall–Kier alpha value is -0.820. The Labute approximate surface area is 88.3 Å². The predicted octanol–water partition coefficient (Wildman–Crippen LogP) is 1.73. The number of nitrogens with one attached hydrogen (secondary N) is 1. The van der Waals surface area contributed by atoms with Crippen LogP contribution in [0.5, 0.6) is 5.19 Å². The van der Waals surface area contributed by atoms with Gasteiger partial charge in [0.1, 0.15) is 0 Å². The molecule has 0 atom stereocenters. The van der Waals surface area contributed by atoms with Crippen LogP contribution in [0, 0.1) is 0 Å². The highest BCUT2D eigenvalue weighted by atomic mass is 32.1. The number of nitrogens with zero attached hydrogens (tertiary/aromatic N) is 1. The summed E-state index contributed by atoms with van der Waals surface area (Å²) in [6.07, 6.45) is -3.49. The summed E-state index contributed by atoms with van der Waals surface area (Å²) < 4.78 is 40.2. The van der Waals surface area contributed by atoms with E-state index in [0.717, 1.165) is 23.5 Å². The highest BCUT2D eigenvalue weighted by Gasteiger charge is 2.29. The van der Waals surface area contributed by atoms with Gasteiger partial charge in [0.15, 0.2) is 6.61 Å². The van der Waals surface area contributed by atoms with Crippen molar-refractivity contribution >= 4 is 11.3 Å². The van der Waals surface area contributed by atoms with E-state index in [0.29, 0.717) is 6.54 Å². The maximum Gasteiger partial charge on any atom is 0.422 e. The zero-order valence-corrected chi connectivity index (χ0v) is 8.54. The zero-order chi connectivity index (χ0) is 10.9. The lowest BCUT2D eigenvalue weighted by atomic mass is 10.2. The van der Waals surface area contributed by atoms with Gasteiger partial charge in [0.25, 0.3) is 5.19 Å². The van der Waals surface area contributed by atoms with E-state index < -0.39 is 12.8 Å². The van der Waals surface area contributed by atoms with Crippen molar-refractivity contribution in [3.63, 3.8) is 0 Å². The fourth-order valence-electron chi connectivity index (χ4n) is 1.31. The van der Waals surface area contributed by atoms with E-state index in [1.807, 2.05) is 0 Å². The lowest BCUT2D eigenvalue weighted by Crippen LogP contribution is -2.22. The highest BCUT2D eigenvalue weighted by Crippen LogP contribution is 2.28. The van der Waals surface area contributed by atoms with Gasteiger partial charge < -0.3 is 10.1 Å². The van der Waals surface area contributed by atoms with Crippen molar-refractivity contribution in [3.05, 3.63) is 10.6 Å². The van der Waals surface area contributed by atoms with E-state index >= 15 is 0 Å². The number of hydrogen-bond acceptors (Lipinski definition) is 4. The molecule has 0 bridgehead atoms. The van der Waals surface area contributed by atoms with Crippen molar-refractivity contribution in [2.45, 2.75) is 19.1 Å². The molecule has 0 saturated heterocycles. The number of aromatic nitrogens is 1. The molecule has 0 aromatic carbocycles. The molecule has 1 aromatic heterocycles. The Balaban J connectivity index is 2.01. The first-order chi connectivity index (χ1) is 7.04. The predicted molar refractivity (Wildman–Crippen MR) is 49.1 cm³/mol. The third-order valence-electron chi connectivity index (χ3n) is 1.94. The molecule has 1 aliphatic heterocycles. The quantitative estimate of drug-likeness (QED) is 0.852. The molecular weight excluding hydrogens is 229 g/mol. The smallest absolute Gasteiger partial charge is 0.422 e. The summed E-state index contributed by atoms with van der Waals surface area (Å²) in [7, 11) is 0. The van der Waals surface area contributed by atoms with Crippen LogP contribution in [0.25, 0.3) is 0 Å². The van der Waals surface area contributed by atoms with Crippen LogP contribution in [-0.4, -0.2) is 24.3 Å². The molecule has 15 heavy (non-hydrogen) atoms. The van der Waals surface area contributed by atoms with E-state index in [2.05, 4.69) is 15.0 Å². The Morgan fingerprint density at radius 1 is 1.47 bits per heavy atom. The Morgan fingerprint density at radius 2 is 2.27 bits per heavy atom. The van der Waals surface area contributed by atoms with Crippen molar-refractivity contribution in [2.75, 3.05) is 13.2 Å². The number of rotatable bonds is 2. The van der Waals surface area contributed by atoms with E-state index in [1.54, 1.807) is 0 Å². The van der Waals surface area contributed by atoms with Crippen molar-refractivity contribution in [1.29, 1.82) is 0 Å². The Kier molecular flexibility index (Phi) is 2.83. The molecule has 3 nitrogen and oxygen atoms in total. The van der Waals surface area contributed by atoms with Gasteiger partial charge in [-0.3, -0.25) is 0 Å². The maximum atomic E-state index is 11.9. The minimum absolute atomic E-state index is 0.112. The molecule has 2 heterocycles. The van der Waals surface area contributed by atoms with Crippen LogP contribution in [0.4, 0.5) is 13.2 Å². The van der Waals surface area contributed by atoms with Crippen LogP contribution >= 0.6 is 11.3 Å². The van der Waals surface area contributed by atoms with Crippen LogP contribution in [0.15, 0.2) is 0 Å². The molecule has 1 N–H and O–H groups in total. The molecule has 0 fully saturated rings. The summed E-state index contributed by atoms with van der Waals surface area (Å²) in [4.78, 5) is 5.01. The second-order valence-electron chi connectivity index (χ2n) is 3.18. The van der Waals surface area contributed by atoms with Crippen LogP contribution in [0.3, 0.4) is 0 Å². The molecule has 0 saturated carbocycles. The Bertz CT molecular complexity index is 327. The second kappa shape index (κ2) is 3.97. The fourth-order valence-corrected chi connectivity index (χ4v) is 2.23. The normalized spacial score (nSPS) is 16.2. The van der Waals surface area contributed by atoms with Crippen LogP contribution in [0.1, 0.15) is 10.6 Å². The van der Waals surface area contributed by atoms with Gasteiger partial charge in [0.2, 0.25) is 0 Å². The van der Waals surface area contributed by atoms with Gasteiger partial charge in [-0.25, -0.2) is 4.98 Å². The summed E-state index contributed by atoms with van der Waals surface area (Å²) in [6.45, 7) is 0.182. The topological polar surface area (TPSA) is 34.1 Å². The molecule has 0 radical (unpaired) electrons. The minimum atomic E-state index is -4.30. The summed E-state index contributed by atoms with van der Waals surface area (Å²) in [5.41, 5.74) is 0.809. The third kappa shape index (κ3) is 2.82. The van der Waals surface area contributed by atoms with E-state index in [-0.39, 0.29) is 5.19 Å². The zero-order valence-electron chi connectivity index (χ0n) is 7.73. The molecule has 1 aromatic rings. The van der Waals surface area contributed by atoms with Gasteiger partial charge >= 0.3 is 6.18 Å². The van der Waals surface area contributed by atoms with Gasteiger partial charge in [-0.15, -0.1) is 0 Å². The van der Waals surface area contributed by atoms with Crippen molar-refractivity contribution < 1.29 is 17.9 Å².